The second-order valence-corrected chi connectivity index (χ2v) is 2.26. The molecule has 0 aliphatic carbocycles. The van der Waals surface area contributed by atoms with Crippen molar-refractivity contribution in [3.63, 3.8) is 0 Å². The zero-order valence-electron chi connectivity index (χ0n) is 5.89. The third kappa shape index (κ3) is 0.830. The van der Waals surface area contributed by atoms with Crippen LogP contribution in [0.1, 0.15) is 6.92 Å². The molecule has 11 heavy (non-hydrogen) atoms. The molecule has 1 atom stereocenters. The lowest BCUT2D eigenvalue weighted by atomic mass is 10.3. The number of nitrogens with zero attached hydrogens (tertiary/aromatic N) is 5. The fraction of sp³-hybridized carbons (Fsp3) is 0.400. The zero-order valence-corrected chi connectivity index (χ0v) is 5.89. The van der Waals surface area contributed by atoms with Crippen molar-refractivity contribution in [2.45, 2.75) is 13.0 Å². The molecular weight excluding hydrogens is 144 g/mol. The maximum atomic E-state index is 5.49. The standard InChI is InChI=1S/C5H6N6/c1-2-7-3-4(6)9-11-10-5(3)8-2/h3H,1H3,(H2,6,7,8,9,10). The summed E-state index contributed by atoms with van der Waals surface area (Å²) in [7, 11) is 0. The van der Waals surface area contributed by atoms with Gasteiger partial charge in [0.15, 0.2) is 17.7 Å². The van der Waals surface area contributed by atoms with Crippen molar-refractivity contribution < 1.29 is 0 Å². The summed E-state index contributed by atoms with van der Waals surface area (Å²) in [6.45, 7) is 1.79. The summed E-state index contributed by atoms with van der Waals surface area (Å²) < 4.78 is 0. The molecule has 0 spiro atoms. The first-order chi connectivity index (χ1) is 5.27. The first-order valence-corrected chi connectivity index (χ1v) is 3.14. The average Bonchev–Trinajstić information content (AvgIpc) is 2.31. The van der Waals surface area contributed by atoms with Crippen molar-refractivity contribution in [3.8, 4) is 0 Å². The fourth-order valence-electron chi connectivity index (χ4n) is 0.950. The molecule has 0 radical (unpaired) electrons. The lowest BCUT2D eigenvalue weighted by Crippen LogP contribution is -2.33. The van der Waals surface area contributed by atoms with Gasteiger partial charge < -0.3 is 5.73 Å². The molecule has 6 nitrogen and oxygen atoms in total. The molecule has 2 rings (SSSR count). The molecule has 0 aromatic carbocycles. The highest BCUT2D eigenvalue weighted by atomic mass is 15.4. The molecule has 0 bridgehead atoms. The summed E-state index contributed by atoms with van der Waals surface area (Å²) >= 11 is 0. The van der Waals surface area contributed by atoms with E-state index in [1.165, 1.54) is 0 Å². The van der Waals surface area contributed by atoms with Crippen LogP contribution in [0.25, 0.3) is 0 Å². The molecular formula is C5H6N6. The van der Waals surface area contributed by atoms with Crippen molar-refractivity contribution in [1.29, 1.82) is 0 Å². The second kappa shape index (κ2) is 1.94. The molecule has 0 saturated heterocycles. The second-order valence-electron chi connectivity index (χ2n) is 2.26. The molecule has 2 heterocycles. The zero-order chi connectivity index (χ0) is 7.84. The van der Waals surface area contributed by atoms with E-state index in [9.17, 15) is 0 Å². The molecule has 2 N–H and O–H groups in total. The third-order valence-corrected chi connectivity index (χ3v) is 1.42. The van der Waals surface area contributed by atoms with Gasteiger partial charge in [-0.2, -0.15) is 0 Å². The van der Waals surface area contributed by atoms with Crippen molar-refractivity contribution >= 4 is 17.5 Å². The minimum Gasteiger partial charge on any atom is -0.383 e. The minimum atomic E-state index is -0.285. The van der Waals surface area contributed by atoms with Gasteiger partial charge in [0.05, 0.1) is 0 Å². The number of hydrogen-bond acceptors (Lipinski definition) is 6. The smallest absolute Gasteiger partial charge is 0.187 e. The lowest BCUT2D eigenvalue weighted by Gasteiger charge is -2.06. The number of amidine groups is 3. The van der Waals surface area contributed by atoms with Gasteiger partial charge in [-0.15, -0.1) is 10.2 Å². The van der Waals surface area contributed by atoms with E-state index in [4.69, 9.17) is 5.73 Å². The van der Waals surface area contributed by atoms with Gasteiger partial charge in [0, 0.05) is 0 Å². The SMILES string of the molecule is CC1=NC2C(N)=NN=NC2=N1. The molecule has 56 valence electrons. The lowest BCUT2D eigenvalue weighted by molar-refractivity contribution is 0.968. The van der Waals surface area contributed by atoms with Crippen LogP contribution in [0.2, 0.25) is 0 Å². The molecule has 0 aromatic heterocycles. The maximum absolute atomic E-state index is 5.49. The van der Waals surface area contributed by atoms with Gasteiger partial charge in [-0.3, -0.25) is 4.99 Å². The Labute approximate surface area is 62.6 Å². The number of hydrogen-bond donors (Lipinski definition) is 1. The van der Waals surface area contributed by atoms with E-state index < -0.39 is 0 Å². The van der Waals surface area contributed by atoms with Crippen molar-refractivity contribution in [1.82, 2.24) is 0 Å². The first kappa shape index (κ1) is 6.14. The van der Waals surface area contributed by atoms with Gasteiger partial charge in [0.25, 0.3) is 0 Å². The maximum Gasteiger partial charge on any atom is 0.187 e. The quantitative estimate of drug-likeness (QED) is 0.514. The average molecular weight is 150 g/mol. The topological polar surface area (TPSA) is 87.8 Å². The van der Waals surface area contributed by atoms with E-state index in [2.05, 4.69) is 25.4 Å². The Morgan fingerprint density at radius 3 is 3.00 bits per heavy atom. The Kier molecular flexibility index (Phi) is 1.09. The molecule has 2 aliphatic heterocycles. The van der Waals surface area contributed by atoms with Crippen LogP contribution < -0.4 is 5.73 Å². The highest BCUT2D eigenvalue weighted by Crippen LogP contribution is 2.11. The van der Waals surface area contributed by atoms with E-state index in [-0.39, 0.29) is 6.04 Å². The van der Waals surface area contributed by atoms with Gasteiger partial charge >= 0.3 is 0 Å². The van der Waals surface area contributed by atoms with Crippen molar-refractivity contribution in [2.75, 3.05) is 0 Å². The van der Waals surface area contributed by atoms with Crippen LogP contribution in [0.5, 0.6) is 0 Å². The summed E-state index contributed by atoms with van der Waals surface area (Å²) in [5.41, 5.74) is 5.49. The van der Waals surface area contributed by atoms with Crippen LogP contribution in [0.3, 0.4) is 0 Å². The normalized spacial score (nSPS) is 27.4. The number of rotatable bonds is 0. The van der Waals surface area contributed by atoms with E-state index in [1.54, 1.807) is 6.92 Å². The van der Waals surface area contributed by atoms with Gasteiger partial charge in [-0.1, -0.05) is 0 Å². The fourth-order valence-corrected chi connectivity index (χ4v) is 0.950. The molecule has 0 fully saturated rings. The predicted octanol–water partition coefficient (Wildman–Crippen LogP) is -0.0765. The van der Waals surface area contributed by atoms with Gasteiger partial charge in [0.1, 0.15) is 5.84 Å². The summed E-state index contributed by atoms with van der Waals surface area (Å²) in [6, 6.07) is -0.285. The number of nitrogens with two attached hydrogens (primary N) is 1. The van der Waals surface area contributed by atoms with Gasteiger partial charge in [-0.05, 0) is 12.1 Å². The summed E-state index contributed by atoms with van der Waals surface area (Å²) in [4.78, 5) is 8.10. The molecule has 2 aliphatic rings. The predicted molar refractivity (Wildman–Crippen MR) is 40.8 cm³/mol. The van der Waals surface area contributed by atoms with Crippen LogP contribution in [-0.2, 0) is 0 Å². The molecule has 6 heteroatoms. The Morgan fingerprint density at radius 1 is 1.45 bits per heavy atom. The monoisotopic (exact) mass is 150 g/mol. The molecule has 0 saturated carbocycles. The number of fused-ring (bicyclic) bond motifs is 1. The molecule has 1 unspecified atom stereocenters. The van der Waals surface area contributed by atoms with Crippen LogP contribution in [0, 0.1) is 0 Å². The van der Waals surface area contributed by atoms with Crippen LogP contribution >= 0.6 is 0 Å². The largest absolute Gasteiger partial charge is 0.383 e. The van der Waals surface area contributed by atoms with Crippen LogP contribution in [-0.4, -0.2) is 23.5 Å². The van der Waals surface area contributed by atoms with Crippen molar-refractivity contribution in [3.05, 3.63) is 0 Å². The van der Waals surface area contributed by atoms with Crippen LogP contribution in [0.15, 0.2) is 25.4 Å². The Bertz CT molecular complexity index is 309. The third-order valence-electron chi connectivity index (χ3n) is 1.42. The van der Waals surface area contributed by atoms with Crippen LogP contribution in [0.4, 0.5) is 0 Å². The minimum absolute atomic E-state index is 0.285. The molecule has 0 amide bonds. The Morgan fingerprint density at radius 2 is 2.27 bits per heavy atom. The van der Waals surface area contributed by atoms with E-state index in [1.807, 2.05) is 0 Å². The van der Waals surface area contributed by atoms with Gasteiger partial charge in [0.2, 0.25) is 0 Å². The Hall–Kier alpha value is -1.59. The summed E-state index contributed by atoms with van der Waals surface area (Å²) in [5.74, 6) is 1.56. The first-order valence-electron chi connectivity index (χ1n) is 3.14. The van der Waals surface area contributed by atoms with E-state index in [0.717, 1.165) is 0 Å². The van der Waals surface area contributed by atoms with Crippen molar-refractivity contribution in [2.24, 2.45) is 31.2 Å². The van der Waals surface area contributed by atoms with E-state index in [0.29, 0.717) is 17.5 Å². The number of aliphatic imine (C=N–C) groups is 2. The summed E-state index contributed by atoms with van der Waals surface area (Å²) in [6.07, 6.45) is 0. The highest BCUT2D eigenvalue weighted by Gasteiger charge is 2.27. The molecule has 0 aromatic rings. The van der Waals surface area contributed by atoms with Gasteiger partial charge in [-0.25, -0.2) is 4.99 Å². The van der Waals surface area contributed by atoms with E-state index >= 15 is 0 Å². The Balaban J connectivity index is 2.44. The summed E-state index contributed by atoms with van der Waals surface area (Å²) in [5, 5.41) is 10.7. The highest BCUT2D eigenvalue weighted by molar-refractivity contribution is 6.17.